The summed E-state index contributed by atoms with van der Waals surface area (Å²) in [6.07, 6.45) is 7.85. The second-order valence-corrected chi connectivity index (χ2v) is 11.4. The Labute approximate surface area is 212 Å². The molecule has 1 aliphatic heterocycles. The standard InChI is InChI=1S/C27H40N4O3S/c1-21-9-11-23(12-10-21)27-29-25(22(2)34-27)19-35(33)20-26(32)28-13-6-14-30-15-17-31(18-16-30)24-7-4-3-5-8-24/h9-12,24H,3-8,13-20H2,1-2H3,(H,28,32)/t35-/m1/s1. The van der Waals surface area contributed by atoms with Crippen LogP contribution in [-0.2, 0) is 21.3 Å². The summed E-state index contributed by atoms with van der Waals surface area (Å²) in [5.74, 6) is 1.23. The molecule has 4 rings (SSSR count). The molecular weight excluding hydrogens is 460 g/mol. The van der Waals surface area contributed by atoms with Gasteiger partial charge in [-0.15, -0.1) is 0 Å². The number of rotatable bonds is 10. The summed E-state index contributed by atoms with van der Waals surface area (Å²) in [6, 6.07) is 8.75. The number of benzene rings is 1. The van der Waals surface area contributed by atoms with E-state index in [2.05, 4.69) is 20.1 Å². The van der Waals surface area contributed by atoms with Crippen LogP contribution in [0.25, 0.3) is 11.5 Å². The van der Waals surface area contributed by atoms with Crippen molar-refractivity contribution in [1.29, 1.82) is 0 Å². The highest BCUT2D eigenvalue weighted by Gasteiger charge is 2.24. The van der Waals surface area contributed by atoms with Crippen LogP contribution in [0.2, 0.25) is 0 Å². The molecule has 0 unspecified atom stereocenters. The van der Waals surface area contributed by atoms with E-state index in [1.807, 2.05) is 38.1 Å². The highest BCUT2D eigenvalue weighted by atomic mass is 32.2. The first-order valence-corrected chi connectivity index (χ1v) is 14.6. The summed E-state index contributed by atoms with van der Waals surface area (Å²) < 4.78 is 18.3. The van der Waals surface area contributed by atoms with E-state index < -0.39 is 10.8 Å². The largest absolute Gasteiger partial charge is 0.441 e. The summed E-state index contributed by atoms with van der Waals surface area (Å²) in [5, 5.41) is 2.94. The van der Waals surface area contributed by atoms with Crippen LogP contribution in [0, 0.1) is 13.8 Å². The van der Waals surface area contributed by atoms with Crippen molar-refractivity contribution >= 4 is 16.7 Å². The molecule has 192 valence electrons. The van der Waals surface area contributed by atoms with Crippen molar-refractivity contribution in [2.75, 3.05) is 45.0 Å². The fourth-order valence-electron chi connectivity index (χ4n) is 5.11. The van der Waals surface area contributed by atoms with Gasteiger partial charge in [0.15, 0.2) is 0 Å². The number of carbonyl (C=O) groups is 1. The van der Waals surface area contributed by atoms with Crippen molar-refractivity contribution in [1.82, 2.24) is 20.1 Å². The van der Waals surface area contributed by atoms with Gasteiger partial charge in [-0.1, -0.05) is 37.0 Å². The van der Waals surface area contributed by atoms with Crippen molar-refractivity contribution < 1.29 is 13.4 Å². The molecule has 35 heavy (non-hydrogen) atoms. The Bertz CT molecular complexity index is 977. The number of nitrogens with one attached hydrogen (secondary N) is 1. The maximum atomic E-state index is 12.6. The first-order chi connectivity index (χ1) is 17.0. The summed E-state index contributed by atoms with van der Waals surface area (Å²) in [7, 11) is -1.33. The topological polar surface area (TPSA) is 78.7 Å². The molecule has 2 aromatic rings. The van der Waals surface area contributed by atoms with Gasteiger partial charge in [0.25, 0.3) is 0 Å². The molecule has 0 bridgehead atoms. The van der Waals surface area contributed by atoms with E-state index in [4.69, 9.17) is 4.42 Å². The minimum Gasteiger partial charge on any atom is -0.441 e. The average Bonchev–Trinajstić information content (AvgIpc) is 3.23. The molecule has 8 heteroatoms. The number of aryl methyl sites for hydroxylation is 2. The Hall–Kier alpha value is -2.03. The van der Waals surface area contributed by atoms with E-state index in [1.54, 1.807) is 0 Å². The van der Waals surface area contributed by atoms with Crippen LogP contribution in [0.3, 0.4) is 0 Å². The molecule has 1 N–H and O–H groups in total. The third-order valence-electron chi connectivity index (χ3n) is 7.25. The van der Waals surface area contributed by atoms with Gasteiger partial charge in [0, 0.05) is 55.1 Å². The molecule has 1 aromatic heterocycles. The van der Waals surface area contributed by atoms with Gasteiger partial charge in [0.2, 0.25) is 11.8 Å². The van der Waals surface area contributed by atoms with Gasteiger partial charge in [-0.3, -0.25) is 13.9 Å². The van der Waals surface area contributed by atoms with Crippen LogP contribution in [0.1, 0.15) is 55.5 Å². The lowest BCUT2D eigenvalue weighted by Gasteiger charge is -2.40. The number of aromatic nitrogens is 1. The van der Waals surface area contributed by atoms with Gasteiger partial charge in [-0.05, 0) is 51.8 Å². The number of piperazine rings is 1. The number of hydrogen-bond donors (Lipinski definition) is 1. The Morgan fingerprint density at radius 3 is 2.51 bits per heavy atom. The Morgan fingerprint density at radius 2 is 1.80 bits per heavy atom. The Kier molecular flexibility index (Phi) is 9.52. The molecule has 1 amide bonds. The molecule has 2 aliphatic rings. The Morgan fingerprint density at radius 1 is 1.09 bits per heavy atom. The predicted octanol–water partition coefficient (Wildman–Crippen LogP) is 3.66. The quantitative estimate of drug-likeness (QED) is 0.502. The van der Waals surface area contributed by atoms with E-state index in [-0.39, 0.29) is 17.4 Å². The minimum absolute atomic E-state index is 0.00771. The second kappa shape index (κ2) is 12.8. The molecule has 2 fully saturated rings. The first-order valence-electron chi connectivity index (χ1n) is 13.1. The van der Waals surface area contributed by atoms with Crippen molar-refractivity contribution in [3.8, 4) is 11.5 Å². The fraction of sp³-hybridized carbons (Fsp3) is 0.630. The van der Waals surface area contributed by atoms with E-state index in [9.17, 15) is 9.00 Å². The van der Waals surface area contributed by atoms with Gasteiger partial charge < -0.3 is 14.6 Å². The summed E-state index contributed by atoms with van der Waals surface area (Å²) in [5.41, 5.74) is 2.71. The monoisotopic (exact) mass is 500 g/mol. The third-order valence-corrected chi connectivity index (χ3v) is 8.43. The highest BCUT2D eigenvalue weighted by molar-refractivity contribution is 7.84. The molecule has 0 radical (unpaired) electrons. The average molecular weight is 501 g/mol. The van der Waals surface area contributed by atoms with Crippen LogP contribution < -0.4 is 5.32 Å². The van der Waals surface area contributed by atoms with Crippen molar-refractivity contribution in [3.05, 3.63) is 41.3 Å². The van der Waals surface area contributed by atoms with Gasteiger partial charge in [-0.25, -0.2) is 4.98 Å². The van der Waals surface area contributed by atoms with Gasteiger partial charge in [-0.2, -0.15) is 0 Å². The van der Waals surface area contributed by atoms with E-state index >= 15 is 0 Å². The zero-order chi connectivity index (χ0) is 24.6. The lowest BCUT2D eigenvalue weighted by Crippen LogP contribution is -2.51. The van der Waals surface area contributed by atoms with Gasteiger partial charge >= 0.3 is 0 Å². The number of hydrogen-bond acceptors (Lipinski definition) is 6. The lowest BCUT2D eigenvalue weighted by molar-refractivity contribution is -0.118. The second-order valence-electron chi connectivity index (χ2n) is 9.99. The number of carbonyl (C=O) groups excluding carboxylic acids is 1. The molecule has 1 aromatic carbocycles. The summed E-state index contributed by atoms with van der Waals surface area (Å²) in [4.78, 5) is 22.0. The number of oxazole rings is 1. The summed E-state index contributed by atoms with van der Waals surface area (Å²) in [6.45, 7) is 10.1. The molecule has 1 saturated heterocycles. The van der Waals surface area contributed by atoms with Crippen LogP contribution in [0.15, 0.2) is 28.7 Å². The van der Waals surface area contributed by atoms with E-state index in [0.717, 1.165) is 37.7 Å². The lowest BCUT2D eigenvalue weighted by atomic mass is 9.94. The number of amides is 1. The molecule has 1 atom stereocenters. The van der Waals surface area contributed by atoms with Crippen molar-refractivity contribution in [2.24, 2.45) is 0 Å². The van der Waals surface area contributed by atoms with Crippen molar-refractivity contribution in [2.45, 2.75) is 64.2 Å². The van der Waals surface area contributed by atoms with Crippen LogP contribution in [0.4, 0.5) is 0 Å². The predicted molar refractivity (Wildman–Crippen MR) is 141 cm³/mol. The molecular formula is C27H40N4O3S. The molecule has 1 saturated carbocycles. The zero-order valence-corrected chi connectivity index (χ0v) is 22.1. The Balaban J connectivity index is 1.12. The zero-order valence-electron chi connectivity index (χ0n) is 21.3. The maximum absolute atomic E-state index is 12.6. The third kappa shape index (κ3) is 7.72. The number of nitrogens with zero attached hydrogens (tertiary/aromatic N) is 3. The van der Waals surface area contributed by atoms with Crippen LogP contribution >= 0.6 is 0 Å². The normalized spacial score (nSPS) is 19.0. The van der Waals surface area contributed by atoms with Crippen molar-refractivity contribution in [3.63, 3.8) is 0 Å². The maximum Gasteiger partial charge on any atom is 0.232 e. The molecule has 0 spiro atoms. The molecule has 7 nitrogen and oxygen atoms in total. The van der Waals surface area contributed by atoms with E-state index in [1.165, 1.54) is 50.8 Å². The minimum atomic E-state index is -1.33. The highest BCUT2D eigenvalue weighted by Crippen LogP contribution is 2.24. The molecule has 1 aliphatic carbocycles. The van der Waals surface area contributed by atoms with Crippen LogP contribution in [-0.4, -0.2) is 76.0 Å². The first kappa shape index (κ1) is 26.0. The smallest absolute Gasteiger partial charge is 0.232 e. The summed E-state index contributed by atoms with van der Waals surface area (Å²) >= 11 is 0. The van der Waals surface area contributed by atoms with Gasteiger partial charge in [0.05, 0.1) is 11.4 Å². The van der Waals surface area contributed by atoms with Crippen LogP contribution in [0.5, 0.6) is 0 Å². The van der Waals surface area contributed by atoms with Gasteiger partial charge in [0.1, 0.15) is 11.5 Å². The van der Waals surface area contributed by atoms with E-state index in [0.29, 0.717) is 23.9 Å². The molecule has 2 heterocycles. The fourth-order valence-corrected chi connectivity index (χ4v) is 6.18. The SMILES string of the molecule is Cc1ccc(-c2nc(C[S@@](=O)CC(=O)NCCCN3CCN(C4CCCCC4)CC3)c(C)o2)cc1.